The van der Waals surface area contributed by atoms with Crippen molar-refractivity contribution in [1.29, 1.82) is 5.26 Å². The van der Waals surface area contributed by atoms with Gasteiger partial charge in [-0.3, -0.25) is 4.79 Å². The molecule has 4 atom stereocenters. The summed E-state index contributed by atoms with van der Waals surface area (Å²) in [6.07, 6.45) is 0.236. The van der Waals surface area contributed by atoms with Gasteiger partial charge in [0, 0.05) is 16.1 Å². The third-order valence-corrected chi connectivity index (χ3v) is 7.18. The summed E-state index contributed by atoms with van der Waals surface area (Å²) in [5, 5.41) is 8.15. The minimum atomic E-state index is -3.67. The summed E-state index contributed by atoms with van der Waals surface area (Å²) in [5.74, 6) is -1.66. The van der Waals surface area contributed by atoms with Crippen molar-refractivity contribution in [3.8, 4) is 6.07 Å². The van der Waals surface area contributed by atoms with Gasteiger partial charge >= 0.3 is 5.97 Å². The van der Waals surface area contributed by atoms with Gasteiger partial charge in [-0.2, -0.15) is 5.26 Å². The number of benzene rings is 1. The SMILES string of the molecule is C[C@H]1OC[C@@](CC(=O)OC(C)(C)C)(c2cc(Br)ccc2F)[C@@H]1CC(C#N)S(C)(=O)=O. The van der Waals surface area contributed by atoms with Crippen LogP contribution >= 0.6 is 15.9 Å². The summed E-state index contributed by atoms with van der Waals surface area (Å²) < 4.78 is 51.1. The molecule has 1 fully saturated rings. The van der Waals surface area contributed by atoms with Crippen molar-refractivity contribution in [2.45, 2.75) is 62.9 Å². The van der Waals surface area contributed by atoms with Crippen LogP contribution in [-0.4, -0.2) is 44.2 Å². The lowest BCUT2D eigenvalue weighted by Crippen LogP contribution is -2.43. The van der Waals surface area contributed by atoms with E-state index in [1.807, 2.05) is 6.07 Å². The van der Waals surface area contributed by atoms with Gasteiger partial charge in [-0.15, -0.1) is 0 Å². The molecule has 0 radical (unpaired) electrons. The van der Waals surface area contributed by atoms with E-state index in [2.05, 4.69) is 15.9 Å². The highest BCUT2D eigenvalue weighted by Gasteiger charge is 2.53. The molecule has 0 aromatic heterocycles. The molecule has 1 aromatic rings. The summed E-state index contributed by atoms with van der Waals surface area (Å²) in [5.41, 5.74) is -1.67. The lowest BCUT2D eigenvalue weighted by molar-refractivity contribution is -0.156. The lowest BCUT2D eigenvalue weighted by Gasteiger charge is -2.36. The Morgan fingerprint density at radius 2 is 2.10 bits per heavy atom. The minimum absolute atomic E-state index is 0.00730. The number of sulfone groups is 1. The van der Waals surface area contributed by atoms with E-state index in [0.29, 0.717) is 4.47 Å². The summed E-state index contributed by atoms with van der Waals surface area (Å²) in [7, 11) is -3.67. The zero-order valence-corrected chi connectivity index (χ0v) is 20.1. The number of ether oxygens (including phenoxy) is 2. The van der Waals surface area contributed by atoms with Crippen molar-refractivity contribution in [2.75, 3.05) is 12.9 Å². The molecule has 1 unspecified atom stereocenters. The van der Waals surface area contributed by atoms with Gasteiger partial charge in [-0.1, -0.05) is 15.9 Å². The Hall–Kier alpha value is -1.50. The van der Waals surface area contributed by atoms with Crippen LogP contribution in [0, 0.1) is 23.1 Å². The molecule has 30 heavy (non-hydrogen) atoms. The molecule has 9 heteroatoms. The number of nitrogens with zero attached hydrogens (tertiary/aromatic N) is 1. The van der Waals surface area contributed by atoms with Crippen molar-refractivity contribution in [3.05, 3.63) is 34.1 Å². The lowest BCUT2D eigenvalue weighted by atomic mass is 9.66. The third-order valence-electron chi connectivity index (χ3n) is 5.35. The maximum absolute atomic E-state index is 15.0. The molecule has 1 saturated heterocycles. The van der Waals surface area contributed by atoms with Gasteiger partial charge < -0.3 is 9.47 Å². The molecule has 0 N–H and O–H groups in total. The summed E-state index contributed by atoms with van der Waals surface area (Å²) in [4.78, 5) is 12.8. The van der Waals surface area contributed by atoms with Crippen LogP contribution in [0.4, 0.5) is 4.39 Å². The van der Waals surface area contributed by atoms with E-state index in [1.165, 1.54) is 6.07 Å². The van der Waals surface area contributed by atoms with E-state index < -0.39 is 49.9 Å². The Bertz CT molecular complexity index is 953. The highest BCUT2D eigenvalue weighted by molar-refractivity contribution is 9.10. The Balaban J connectivity index is 2.60. The van der Waals surface area contributed by atoms with E-state index >= 15 is 0 Å². The Labute approximate surface area is 185 Å². The van der Waals surface area contributed by atoms with Gasteiger partial charge in [0.05, 0.1) is 25.2 Å². The molecule has 0 aliphatic carbocycles. The molecule has 0 spiro atoms. The van der Waals surface area contributed by atoms with Gasteiger partial charge in [-0.05, 0) is 63.8 Å². The number of carbonyl (C=O) groups excluding carboxylic acids is 1. The average Bonchev–Trinajstić information content (AvgIpc) is 2.88. The number of carbonyl (C=O) groups is 1. The van der Waals surface area contributed by atoms with Crippen molar-refractivity contribution in [1.82, 2.24) is 0 Å². The number of halogens is 2. The first kappa shape index (κ1) is 24.8. The molecule has 0 saturated carbocycles. The topological polar surface area (TPSA) is 93.5 Å². The molecule has 1 aliphatic heterocycles. The molecule has 166 valence electrons. The molecule has 6 nitrogen and oxygen atoms in total. The Morgan fingerprint density at radius 3 is 2.63 bits per heavy atom. The zero-order valence-electron chi connectivity index (χ0n) is 17.7. The number of esters is 1. The van der Waals surface area contributed by atoms with E-state index in [1.54, 1.807) is 39.8 Å². The third kappa shape index (κ3) is 5.59. The molecular formula is C21H27BrFNO5S. The quantitative estimate of drug-likeness (QED) is 0.546. The van der Waals surface area contributed by atoms with E-state index in [9.17, 15) is 22.9 Å². The van der Waals surface area contributed by atoms with Crippen molar-refractivity contribution >= 4 is 31.7 Å². The van der Waals surface area contributed by atoms with Gasteiger partial charge in [-0.25, -0.2) is 12.8 Å². The zero-order chi connectivity index (χ0) is 22.9. The van der Waals surface area contributed by atoms with Crippen LogP contribution in [0.2, 0.25) is 0 Å². The first-order valence-electron chi connectivity index (χ1n) is 9.57. The molecule has 0 bridgehead atoms. The molecule has 0 amide bonds. The van der Waals surface area contributed by atoms with Gasteiger partial charge in [0.15, 0.2) is 9.84 Å². The number of hydrogen-bond donors (Lipinski definition) is 0. The van der Waals surface area contributed by atoms with Gasteiger partial charge in [0.1, 0.15) is 16.7 Å². The van der Waals surface area contributed by atoms with Crippen LogP contribution < -0.4 is 0 Å². The van der Waals surface area contributed by atoms with Crippen LogP contribution in [0.3, 0.4) is 0 Å². The second-order valence-corrected chi connectivity index (χ2v) is 12.0. The summed E-state index contributed by atoms with van der Waals surface area (Å²) in [6, 6.07) is 6.24. The maximum atomic E-state index is 15.0. The normalized spacial score (nSPS) is 25.5. The Kier molecular flexibility index (Phi) is 7.37. The first-order chi connectivity index (χ1) is 13.7. The van der Waals surface area contributed by atoms with Gasteiger partial charge in [0.2, 0.25) is 0 Å². The largest absolute Gasteiger partial charge is 0.460 e. The molecule has 1 aliphatic rings. The number of nitriles is 1. The second kappa shape index (κ2) is 8.93. The first-order valence-corrected chi connectivity index (χ1v) is 12.3. The van der Waals surface area contributed by atoms with Crippen LogP contribution in [0.25, 0.3) is 0 Å². The van der Waals surface area contributed by atoms with Crippen LogP contribution in [0.15, 0.2) is 22.7 Å². The molecule has 2 rings (SSSR count). The summed E-state index contributed by atoms with van der Waals surface area (Å²) >= 11 is 3.34. The fraction of sp³-hybridized carbons (Fsp3) is 0.619. The predicted octanol–water partition coefficient (Wildman–Crippen LogP) is 3.92. The minimum Gasteiger partial charge on any atom is -0.460 e. The second-order valence-electron chi connectivity index (χ2n) is 8.85. The predicted molar refractivity (Wildman–Crippen MR) is 114 cm³/mol. The Morgan fingerprint density at radius 1 is 1.47 bits per heavy atom. The number of hydrogen-bond acceptors (Lipinski definition) is 6. The van der Waals surface area contributed by atoms with E-state index in [0.717, 1.165) is 6.26 Å². The summed E-state index contributed by atoms with van der Waals surface area (Å²) in [6.45, 7) is 6.95. The average molecular weight is 504 g/mol. The monoisotopic (exact) mass is 503 g/mol. The molecule has 1 heterocycles. The smallest absolute Gasteiger partial charge is 0.307 e. The molecular weight excluding hydrogens is 477 g/mol. The van der Waals surface area contributed by atoms with Gasteiger partial charge in [0.25, 0.3) is 0 Å². The van der Waals surface area contributed by atoms with Crippen LogP contribution in [0.5, 0.6) is 0 Å². The van der Waals surface area contributed by atoms with E-state index in [-0.39, 0.29) is 25.0 Å². The highest BCUT2D eigenvalue weighted by atomic mass is 79.9. The van der Waals surface area contributed by atoms with Crippen molar-refractivity contribution in [2.24, 2.45) is 5.92 Å². The fourth-order valence-corrected chi connectivity index (χ4v) is 5.10. The number of rotatable bonds is 6. The fourth-order valence-electron chi connectivity index (χ4n) is 3.99. The van der Waals surface area contributed by atoms with Crippen molar-refractivity contribution < 1.29 is 27.1 Å². The maximum Gasteiger partial charge on any atom is 0.307 e. The highest BCUT2D eigenvalue weighted by Crippen LogP contribution is 2.48. The van der Waals surface area contributed by atoms with E-state index in [4.69, 9.17) is 9.47 Å². The van der Waals surface area contributed by atoms with Crippen LogP contribution in [-0.2, 0) is 29.5 Å². The van der Waals surface area contributed by atoms with Crippen LogP contribution in [0.1, 0.15) is 46.1 Å². The molecule has 1 aromatic carbocycles. The standard InChI is InChI=1S/C21H27BrFNO5S/c1-13-16(9-15(11-24)30(5,26)27)21(12-28-13,10-19(25)29-20(2,3)4)17-8-14(22)6-7-18(17)23/h6-8,13,15-16H,9-10,12H2,1-5H3/t13-,15?,16-,21-/m1/s1. The van der Waals surface area contributed by atoms with Crippen molar-refractivity contribution in [3.63, 3.8) is 0 Å².